The summed E-state index contributed by atoms with van der Waals surface area (Å²) in [5, 5.41) is 8.79. The fraction of sp³-hybridized carbons (Fsp3) is 1.00. The highest BCUT2D eigenvalue weighted by Gasteiger charge is 2.37. The summed E-state index contributed by atoms with van der Waals surface area (Å²) in [5.41, 5.74) is 0. The van der Waals surface area contributed by atoms with Crippen LogP contribution < -0.4 is 0 Å². The molecule has 0 atom stereocenters. The minimum absolute atomic E-state index is 0.173. The topological polar surface area (TPSA) is 47.9 Å². The molecular weight excluding hydrogens is 152 g/mol. The minimum atomic E-state index is -2.66. The fourth-order valence-corrected chi connectivity index (χ4v) is 1.79. The molecule has 10 heavy (non-hydrogen) atoms. The highest BCUT2D eigenvalue weighted by molar-refractivity contribution is 6.60. The van der Waals surface area contributed by atoms with Crippen molar-refractivity contribution in [1.82, 2.24) is 0 Å². The third-order valence-corrected chi connectivity index (χ3v) is 3.54. The van der Waals surface area contributed by atoms with Gasteiger partial charge in [0, 0.05) is 20.8 Å². The first kappa shape index (κ1) is 10.1. The van der Waals surface area contributed by atoms with Gasteiger partial charge >= 0.3 is 8.80 Å². The zero-order valence-corrected chi connectivity index (χ0v) is 7.59. The van der Waals surface area contributed by atoms with E-state index in [0.29, 0.717) is 6.61 Å². The van der Waals surface area contributed by atoms with E-state index in [4.69, 9.17) is 18.4 Å². The van der Waals surface area contributed by atoms with Crippen molar-refractivity contribution in [3.05, 3.63) is 0 Å². The maximum Gasteiger partial charge on any atom is 0.527 e. The second-order valence-electron chi connectivity index (χ2n) is 1.68. The van der Waals surface area contributed by atoms with Crippen LogP contribution in [0.3, 0.4) is 0 Å². The summed E-state index contributed by atoms with van der Waals surface area (Å²) < 4.78 is 15.0. The zero-order valence-electron chi connectivity index (χ0n) is 6.59. The van der Waals surface area contributed by atoms with E-state index < -0.39 is 8.80 Å². The largest absolute Gasteiger partial charge is 0.527 e. The first-order chi connectivity index (χ1) is 4.74. The van der Waals surface area contributed by atoms with E-state index in [2.05, 4.69) is 0 Å². The number of hydrogen-bond donors (Lipinski definition) is 1. The van der Waals surface area contributed by atoms with Gasteiger partial charge in [0.25, 0.3) is 0 Å². The van der Waals surface area contributed by atoms with E-state index in [1.807, 2.05) is 6.92 Å². The van der Waals surface area contributed by atoms with Crippen LogP contribution in [0, 0.1) is 0 Å². The molecule has 4 nitrogen and oxygen atoms in total. The molecule has 0 unspecified atom stereocenters. The van der Waals surface area contributed by atoms with Crippen LogP contribution in [-0.2, 0) is 13.3 Å². The molecule has 0 amide bonds. The van der Waals surface area contributed by atoms with Crippen LogP contribution in [0.4, 0.5) is 0 Å². The van der Waals surface area contributed by atoms with Crippen LogP contribution in [-0.4, -0.2) is 41.0 Å². The second kappa shape index (κ2) is 4.81. The maximum atomic E-state index is 8.79. The van der Waals surface area contributed by atoms with Gasteiger partial charge in [-0.3, -0.25) is 0 Å². The van der Waals surface area contributed by atoms with Crippen LogP contribution in [0.1, 0.15) is 6.92 Å². The molecule has 0 saturated heterocycles. The normalized spacial score (nSPS) is 12.0. The Morgan fingerprint density at radius 2 is 1.80 bits per heavy atom. The predicted octanol–water partition coefficient (Wildman–Crippen LogP) is -0.214. The Hall–Kier alpha value is 0.0569. The van der Waals surface area contributed by atoms with E-state index in [-0.39, 0.29) is 6.23 Å². The highest BCUT2D eigenvalue weighted by atomic mass is 28.4. The summed E-state index contributed by atoms with van der Waals surface area (Å²) in [7, 11) is 0.286. The number of rotatable bonds is 5. The van der Waals surface area contributed by atoms with Crippen LogP contribution in [0.25, 0.3) is 0 Å². The first-order valence-electron chi connectivity index (χ1n) is 3.09. The van der Waals surface area contributed by atoms with E-state index in [1.165, 1.54) is 14.2 Å². The molecule has 0 rings (SSSR count). The average molecular weight is 166 g/mol. The monoisotopic (exact) mass is 166 g/mol. The Labute approximate surface area is 62.1 Å². The molecule has 5 heteroatoms. The Morgan fingerprint density at radius 3 is 1.90 bits per heavy atom. The van der Waals surface area contributed by atoms with Crippen LogP contribution in [0.5, 0.6) is 0 Å². The molecule has 0 aromatic heterocycles. The van der Waals surface area contributed by atoms with Crippen molar-refractivity contribution in [1.29, 1.82) is 0 Å². The lowest BCUT2D eigenvalue weighted by atomic mass is 10.9. The third kappa shape index (κ3) is 2.35. The average Bonchev–Trinajstić information content (AvgIpc) is 2.01. The zero-order chi connectivity index (χ0) is 8.04. The van der Waals surface area contributed by atoms with Gasteiger partial charge in [0.1, 0.15) is 6.23 Å². The summed E-state index contributed by atoms with van der Waals surface area (Å²) in [4.78, 5) is 0. The van der Waals surface area contributed by atoms with Gasteiger partial charge in [-0.15, -0.1) is 0 Å². The number of aliphatic hydroxyl groups is 1. The quantitative estimate of drug-likeness (QED) is 0.574. The van der Waals surface area contributed by atoms with Gasteiger partial charge in [0.05, 0.1) is 0 Å². The lowest BCUT2D eigenvalue weighted by Gasteiger charge is -2.22. The smallest absolute Gasteiger partial charge is 0.392 e. The van der Waals surface area contributed by atoms with Crippen molar-refractivity contribution in [3.8, 4) is 0 Å². The van der Waals surface area contributed by atoms with Crippen molar-refractivity contribution >= 4 is 8.80 Å². The van der Waals surface area contributed by atoms with Crippen LogP contribution in [0.15, 0.2) is 0 Å². The SMILES string of the molecule is CCO[Si](CO)(OC)OC. The molecule has 62 valence electrons. The highest BCUT2D eigenvalue weighted by Crippen LogP contribution is 2.04. The lowest BCUT2D eigenvalue weighted by Crippen LogP contribution is -2.48. The molecule has 0 fully saturated rings. The van der Waals surface area contributed by atoms with Crippen molar-refractivity contribution in [2.24, 2.45) is 0 Å². The van der Waals surface area contributed by atoms with E-state index in [0.717, 1.165) is 0 Å². The number of aliphatic hydroxyl groups excluding tert-OH is 1. The van der Waals surface area contributed by atoms with Crippen LogP contribution in [0.2, 0.25) is 0 Å². The molecule has 0 aliphatic heterocycles. The van der Waals surface area contributed by atoms with E-state index >= 15 is 0 Å². The van der Waals surface area contributed by atoms with E-state index in [1.54, 1.807) is 0 Å². The van der Waals surface area contributed by atoms with Crippen LogP contribution >= 0.6 is 0 Å². The summed E-state index contributed by atoms with van der Waals surface area (Å²) in [6.07, 6.45) is -0.173. The molecule has 1 N–H and O–H groups in total. The Kier molecular flexibility index (Phi) is 4.84. The van der Waals surface area contributed by atoms with Gasteiger partial charge < -0.3 is 18.4 Å². The Balaban J connectivity index is 3.87. The fourth-order valence-electron chi connectivity index (χ4n) is 0.596. The molecule has 0 bridgehead atoms. The Morgan fingerprint density at radius 1 is 1.30 bits per heavy atom. The number of hydrogen-bond acceptors (Lipinski definition) is 4. The Bertz CT molecular complexity index is 75.5. The molecular formula is C5H14O4Si. The summed E-state index contributed by atoms with van der Waals surface area (Å²) in [5.74, 6) is 0. The molecule has 0 aliphatic carbocycles. The molecule has 0 saturated carbocycles. The van der Waals surface area contributed by atoms with Gasteiger partial charge in [-0.2, -0.15) is 0 Å². The van der Waals surface area contributed by atoms with Crippen molar-refractivity contribution in [3.63, 3.8) is 0 Å². The van der Waals surface area contributed by atoms with Gasteiger partial charge in [0.15, 0.2) is 0 Å². The molecule has 0 heterocycles. The molecule has 0 spiro atoms. The third-order valence-electron chi connectivity index (χ3n) is 1.18. The maximum absolute atomic E-state index is 8.79. The summed E-state index contributed by atoms with van der Waals surface area (Å²) >= 11 is 0. The predicted molar refractivity (Wildman–Crippen MR) is 38.5 cm³/mol. The van der Waals surface area contributed by atoms with Gasteiger partial charge in [0.2, 0.25) is 0 Å². The van der Waals surface area contributed by atoms with Gasteiger partial charge in [-0.05, 0) is 6.92 Å². The van der Waals surface area contributed by atoms with Crippen molar-refractivity contribution in [2.75, 3.05) is 27.1 Å². The summed E-state index contributed by atoms with van der Waals surface area (Å²) in [6, 6.07) is 0. The lowest BCUT2D eigenvalue weighted by molar-refractivity contribution is 0.0788. The van der Waals surface area contributed by atoms with E-state index in [9.17, 15) is 0 Å². The molecule has 0 aromatic carbocycles. The molecule has 0 aromatic rings. The second-order valence-corrected chi connectivity index (χ2v) is 4.47. The first-order valence-corrected chi connectivity index (χ1v) is 5.03. The molecule has 0 aliphatic rings. The standard InChI is InChI=1S/C5H14O4Si/c1-4-9-10(5-6,7-2)8-3/h6H,4-5H2,1-3H3. The van der Waals surface area contributed by atoms with Gasteiger partial charge in [-0.1, -0.05) is 0 Å². The minimum Gasteiger partial charge on any atom is -0.392 e. The van der Waals surface area contributed by atoms with Crippen molar-refractivity contribution < 1.29 is 18.4 Å². The summed E-state index contributed by atoms with van der Waals surface area (Å²) in [6.45, 7) is 2.32. The molecule has 0 radical (unpaired) electrons. The van der Waals surface area contributed by atoms with Gasteiger partial charge in [-0.25, -0.2) is 0 Å². The van der Waals surface area contributed by atoms with Crippen molar-refractivity contribution in [2.45, 2.75) is 6.92 Å².